The van der Waals surface area contributed by atoms with E-state index in [0.29, 0.717) is 6.61 Å². The van der Waals surface area contributed by atoms with Crippen LogP contribution in [0.15, 0.2) is 0 Å². The van der Waals surface area contributed by atoms with Crippen LogP contribution in [-0.2, 0) is 22.5 Å². The molecule has 1 aromatic heterocycles. The van der Waals surface area contributed by atoms with Gasteiger partial charge in [0.2, 0.25) is 0 Å². The number of nitrogens with zero attached hydrogens (tertiary/aromatic N) is 3. The molecular weight excluding hydrogens is 256 g/mol. The van der Waals surface area contributed by atoms with Gasteiger partial charge in [-0.1, -0.05) is 0 Å². The molecule has 0 amide bonds. The molecule has 2 aliphatic heterocycles. The summed E-state index contributed by atoms with van der Waals surface area (Å²) in [6.45, 7) is 6.80. The van der Waals surface area contributed by atoms with E-state index in [1.165, 1.54) is 0 Å². The average molecular weight is 278 g/mol. The van der Waals surface area contributed by atoms with Crippen LogP contribution in [0, 0.1) is 0 Å². The van der Waals surface area contributed by atoms with E-state index in [9.17, 15) is 0 Å². The average Bonchev–Trinajstić information content (AvgIpc) is 2.47. The number of nitrogens with one attached hydrogen (secondary N) is 1. The van der Waals surface area contributed by atoms with Crippen LogP contribution in [0.3, 0.4) is 0 Å². The van der Waals surface area contributed by atoms with Gasteiger partial charge in [-0.15, -0.1) is 0 Å². The second kappa shape index (κ2) is 6.03. The second-order valence-electron chi connectivity index (χ2n) is 5.31. The normalized spacial score (nSPS) is 23.4. The van der Waals surface area contributed by atoms with E-state index in [1.54, 1.807) is 0 Å². The van der Waals surface area contributed by atoms with Crippen LogP contribution in [0.5, 0.6) is 0 Å². The smallest absolute Gasteiger partial charge is 0.161 e. The van der Waals surface area contributed by atoms with Gasteiger partial charge in [0.15, 0.2) is 5.82 Å². The first-order chi connectivity index (χ1) is 9.78. The van der Waals surface area contributed by atoms with Crippen LogP contribution < -0.4 is 5.32 Å². The molecule has 6 nitrogen and oxygen atoms in total. The molecule has 0 saturated carbocycles. The fourth-order valence-corrected chi connectivity index (χ4v) is 2.64. The summed E-state index contributed by atoms with van der Waals surface area (Å²) in [5.74, 6) is 1.71. The third-order valence-corrected chi connectivity index (χ3v) is 3.74. The Morgan fingerprint density at radius 2 is 2.25 bits per heavy atom. The van der Waals surface area contributed by atoms with Crippen LogP contribution >= 0.6 is 0 Å². The van der Waals surface area contributed by atoms with Crippen molar-refractivity contribution in [2.45, 2.75) is 26.1 Å². The summed E-state index contributed by atoms with van der Waals surface area (Å²) in [5, 5.41) is 3.33. The van der Waals surface area contributed by atoms with E-state index < -0.39 is 0 Å². The lowest BCUT2D eigenvalue weighted by Crippen LogP contribution is -2.36. The Balaban J connectivity index is 1.92. The van der Waals surface area contributed by atoms with Crippen LogP contribution in [0.2, 0.25) is 0 Å². The number of anilines is 1. The zero-order chi connectivity index (χ0) is 13.9. The zero-order valence-electron chi connectivity index (χ0n) is 12.2. The lowest BCUT2D eigenvalue weighted by Gasteiger charge is -2.30. The lowest BCUT2D eigenvalue weighted by molar-refractivity contribution is -0.0257. The minimum absolute atomic E-state index is 0.0284. The highest BCUT2D eigenvalue weighted by atomic mass is 16.5. The summed E-state index contributed by atoms with van der Waals surface area (Å²) in [4.78, 5) is 11.7. The van der Waals surface area contributed by atoms with Crippen LogP contribution in [0.25, 0.3) is 0 Å². The summed E-state index contributed by atoms with van der Waals surface area (Å²) in [6, 6.07) is 0. The van der Waals surface area contributed by atoms with Gasteiger partial charge in [-0.25, -0.2) is 9.97 Å². The number of likely N-dealkylation sites (N-methyl/N-ethyl adjacent to an activating group) is 1. The number of hydrogen-bond donors (Lipinski definition) is 1. The molecule has 0 aromatic carbocycles. The van der Waals surface area contributed by atoms with Crippen molar-refractivity contribution in [3.8, 4) is 0 Å². The summed E-state index contributed by atoms with van der Waals surface area (Å²) in [5.41, 5.74) is 2.21. The fourth-order valence-electron chi connectivity index (χ4n) is 2.64. The van der Waals surface area contributed by atoms with Gasteiger partial charge in [-0.05, 0) is 14.0 Å². The highest BCUT2D eigenvalue weighted by molar-refractivity contribution is 5.47. The van der Waals surface area contributed by atoms with Gasteiger partial charge < -0.3 is 19.7 Å². The molecular formula is C14H22N4O2. The van der Waals surface area contributed by atoms with E-state index in [2.05, 4.69) is 29.2 Å². The lowest BCUT2D eigenvalue weighted by atomic mass is 10.1. The number of morpholine rings is 1. The molecule has 3 heterocycles. The molecule has 1 saturated heterocycles. The molecule has 2 aliphatic rings. The first-order valence-electron chi connectivity index (χ1n) is 7.29. The number of aromatic nitrogens is 2. The molecule has 110 valence electrons. The quantitative estimate of drug-likeness (QED) is 0.889. The Kier molecular flexibility index (Phi) is 4.14. The van der Waals surface area contributed by atoms with Crippen LogP contribution in [-0.4, -0.2) is 54.8 Å². The maximum atomic E-state index is 5.83. The number of ether oxygens (including phenoxy) is 2. The van der Waals surface area contributed by atoms with Crippen molar-refractivity contribution < 1.29 is 9.47 Å². The summed E-state index contributed by atoms with van der Waals surface area (Å²) in [6.07, 6.45) is 0.825. The Morgan fingerprint density at radius 3 is 3.05 bits per heavy atom. The van der Waals surface area contributed by atoms with Crippen molar-refractivity contribution in [1.82, 2.24) is 14.9 Å². The summed E-state index contributed by atoms with van der Waals surface area (Å²) < 4.78 is 11.4. The largest absolute Gasteiger partial charge is 0.376 e. The highest BCUT2D eigenvalue weighted by Gasteiger charge is 2.25. The molecule has 20 heavy (non-hydrogen) atoms. The van der Waals surface area contributed by atoms with Gasteiger partial charge in [0.1, 0.15) is 11.9 Å². The second-order valence-corrected chi connectivity index (χ2v) is 5.31. The molecule has 0 spiro atoms. The Morgan fingerprint density at radius 1 is 1.35 bits per heavy atom. The minimum Gasteiger partial charge on any atom is -0.376 e. The number of hydrogen-bond acceptors (Lipinski definition) is 6. The Labute approximate surface area is 119 Å². The summed E-state index contributed by atoms with van der Waals surface area (Å²) in [7, 11) is 2.10. The number of rotatable bonds is 3. The minimum atomic E-state index is -0.0284. The number of fused-ring (bicyclic) bond motifs is 1. The van der Waals surface area contributed by atoms with Gasteiger partial charge in [0, 0.05) is 31.6 Å². The molecule has 1 aromatic rings. The van der Waals surface area contributed by atoms with Gasteiger partial charge in [-0.3, -0.25) is 0 Å². The molecule has 0 radical (unpaired) electrons. The van der Waals surface area contributed by atoms with Crippen molar-refractivity contribution in [3.05, 3.63) is 17.1 Å². The predicted octanol–water partition coefficient (Wildman–Crippen LogP) is 0.984. The SMILES string of the molecule is CCNc1nc(C2CN(C)CCO2)nc2c1COCC2. The van der Waals surface area contributed by atoms with Gasteiger partial charge >= 0.3 is 0 Å². The summed E-state index contributed by atoms with van der Waals surface area (Å²) >= 11 is 0. The van der Waals surface area contributed by atoms with Gasteiger partial charge in [0.05, 0.1) is 25.5 Å². The molecule has 1 fully saturated rings. The van der Waals surface area contributed by atoms with E-state index in [-0.39, 0.29) is 6.10 Å². The predicted molar refractivity (Wildman–Crippen MR) is 75.7 cm³/mol. The monoisotopic (exact) mass is 278 g/mol. The molecule has 1 unspecified atom stereocenters. The molecule has 0 aliphatic carbocycles. The van der Waals surface area contributed by atoms with Gasteiger partial charge in [-0.2, -0.15) is 0 Å². The molecule has 3 rings (SSSR count). The van der Waals surface area contributed by atoms with Gasteiger partial charge in [0.25, 0.3) is 0 Å². The van der Waals surface area contributed by atoms with E-state index >= 15 is 0 Å². The Bertz CT molecular complexity index is 480. The highest BCUT2D eigenvalue weighted by Crippen LogP contribution is 2.26. The molecule has 1 atom stereocenters. The van der Waals surface area contributed by atoms with Crippen LogP contribution in [0.4, 0.5) is 5.82 Å². The van der Waals surface area contributed by atoms with Crippen molar-refractivity contribution in [3.63, 3.8) is 0 Å². The maximum Gasteiger partial charge on any atom is 0.161 e. The molecule has 0 bridgehead atoms. The van der Waals surface area contributed by atoms with Crippen molar-refractivity contribution in [2.75, 3.05) is 45.2 Å². The maximum absolute atomic E-state index is 5.83. The third kappa shape index (κ3) is 2.77. The van der Waals surface area contributed by atoms with Crippen molar-refractivity contribution >= 4 is 5.82 Å². The first kappa shape index (κ1) is 13.7. The Hall–Kier alpha value is -1.24. The van der Waals surface area contributed by atoms with E-state index in [4.69, 9.17) is 14.5 Å². The topological polar surface area (TPSA) is 59.5 Å². The van der Waals surface area contributed by atoms with E-state index in [0.717, 1.165) is 62.2 Å². The van der Waals surface area contributed by atoms with E-state index in [1.807, 2.05) is 0 Å². The molecule has 1 N–H and O–H groups in total. The van der Waals surface area contributed by atoms with Crippen molar-refractivity contribution in [2.24, 2.45) is 0 Å². The first-order valence-corrected chi connectivity index (χ1v) is 7.29. The van der Waals surface area contributed by atoms with Crippen molar-refractivity contribution in [1.29, 1.82) is 0 Å². The van der Waals surface area contributed by atoms with Crippen LogP contribution in [0.1, 0.15) is 30.1 Å². The molecule has 6 heteroatoms. The third-order valence-electron chi connectivity index (χ3n) is 3.74. The fraction of sp³-hybridized carbons (Fsp3) is 0.714. The standard InChI is InChI=1S/C14H22N4O2/c1-3-15-13-10-9-19-6-4-11(10)16-14(17-13)12-8-18(2)5-7-20-12/h12H,3-9H2,1-2H3,(H,15,16,17). The zero-order valence-corrected chi connectivity index (χ0v) is 12.2.